The number of benzene rings is 2. The Hall–Kier alpha value is -2.69. The van der Waals surface area contributed by atoms with E-state index >= 15 is 0 Å². The summed E-state index contributed by atoms with van der Waals surface area (Å²) in [6, 6.07) is 11.7. The van der Waals surface area contributed by atoms with Gasteiger partial charge in [-0.15, -0.1) is 0 Å². The molecular weight excluding hydrogens is 452 g/mol. The molecule has 0 saturated heterocycles. The third-order valence-electron chi connectivity index (χ3n) is 6.64. The summed E-state index contributed by atoms with van der Waals surface area (Å²) < 4.78 is 23.5. The van der Waals surface area contributed by atoms with Crippen molar-refractivity contribution in [1.82, 2.24) is 0 Å². The molecular formula is C31H44O5. The van der Waals surface area contributed by atoms with E-state index in [2.05, 4.69) is 6.92 Å². The molecule has 2 aromatic carbocycles. The molecule has 1 aliphatic heterocycles. The van der Waals surface area contributed by atoms with E-state index in [4.69, 9.17) is 18.9 Å². The number of rotatable bonds is 16. The van der Waals surface area contributed by atoms with Crippen LogP contribution in [-0.2, 0) is 11.2 Å². The van der Waals surface area contributed by atoms with Crippen LogP contribution in [0.25, 0.3) is 0 Å². The topological polar surface area (TPSA) is 54.0 Å². The molecule has 198 valence electrons. The lowest BCUT2D eigenvalue weighted by atomic mass is 9.96. The predicted molar refractivity (Wildman–Crippen MR) is 144 cm³/mol. The van der Waals surface area contributed by atoms with Gasteiger partial charge in [0.05, 0.1) is 13.2 Å². The Morgan fingerprint density at radius 1 is 0.833 bits per heavy atom. The summed E-state index contributed by atoms with van der Waals surface area (Å²) in [6.45, 7) is 7.37. The first kappa shape index (κ1) is 27.9. The smallest absolute Gasteiger partial charge is 0.311 e. The summed E-state index contributed by atoms with van der Waals surface area (Å²) in [6.07, 6.45) is 13.1. The van der Waals surface area contributed by atoms with Gasteiger partial charge in [0.25, 0.3) is 0 Å². The maximum Gasteiger partial charge on any atom is 0.311 e. The van der Waals surface area contributed by atoms with Gasteiger partial charge in [0.1, 0.15) is 29.1 Å². The number of esters is 1. The summed E-state index contributed by atoms with van der Waals surface area (Å²) >= 11 is 0. The van der Waals surface area contributed by atoms with Gasteiger partial charge in [0, 0.05) is 24.1 Å². The molecule has 0 radical (unpaired) electrons. The minimum absolute atomic E-state index is 0.123. The van der Waals surface area contributed by atoms with Crippen molar-refractivity contribution < 1.29 is 23.7 Å². The van der Waals surface area contributed by atoms with Gasteiger partial charge in [-0.1, -0.05) is 64.4 Å². The van der Waals surface area contributed by atoms with Crippen LogP contribution in [0.4, 0.5) is 0 Å². The quantitative estimate of drug-likeness (QED) is 0.133. The van der Waals surface area contributed by atoms with Crippen molar-refractivity contribution in [1.29, 1.82) is 0 Å². The van der Waals surface area contributed by atoms with Gasteiger partial charge in [-0.25, -0.2) is 0 Å². The molecule has 2 aromatic rings. The van der Waals surface area contributed by atoms with Crippen molar-refractivity contribution >= 4 is 5.97 Å². The molecule has 3 rings (SSSR count). The molecule has 1 aliphatic rings. The molecule has 1 heterocycles. The van der Waals surface area contributed by atoms with Crippen molar-refractivity contribution in [2.24, 2.45) is 0 Å². The molecule has 0 aliphatic carbocycles. The molecule has 0 amide bonds. The van der Waals surface area contributed by atoms with Crippen molar-refractivity contribution in [3.8, 4) is 23.0 Å². The lowest BCUT2D eigenvalue weighted by Gasteiger charge is -2.28. The Kier molecular flexibility index (Phi) is 12.0. The Morgan fingerprint density at radius 3 is 2.25 bits per heavy atom. The van der Waals surface area contributed by atoms with Gasteiger partial charge < -0.3 is 18.9 Å². The van der Waals surface area contributed by atoms with Crippen molar-refractivity contribution in [2.45, 2.75) is 104 Å². The second kappa shape index (κ2) is 15.4. The highest BCUT2D eigenvalue weighted by molar-refractivity contribution is 5.72. The maximum absolute atomic E-state index is 12.4. The van der Waals surface area contributed by atoms with Crippen LogP contribution in [0.2, 0.25) is 0 Å². The predicted octanol–water partition coefficient (Wildman–Crippen LogP) is 8.38. The summed E-state index contributed by atoms with van der Waals surface area (Å²) in [4.78, 5) is 12.4. The van der Waals surface area contributed by atoms with Crippen LogP contribution in [0.3, 0.4) is 0 Å². The molecule has 0 aromatic heterocycles. The summed E-state index contributed by atoms with van der Waals surface area (Å²) in [5.41, 5.74) is 2.15. The van der Waals surface area contributed by atoms with Crippen LogP contribution in [0, 0.1) is 0 Å². The Labute approximate surface area is 217 Å². The van der Waals surface area contributed by atoms with Gasteiger partial charge in [-0.2, -0.15) is 0 Å². The molecule has 5 nitrogen and oxygen atoms in total. The standard InChI is InChI=1S/C31H44O5/c1-4-7-8-9-10-11-12-13-14-15-31(32)35-26-18-16-24-17-21-28(36-29(24)23-26)27-20-19-25(33-5-2)22-30(27)34-6-3/h16,18-20,22-23,28H,4-15,17,21H2,1-3H3. The number of ether oxygens (including phenoxy) is 4. The van der Waals surface area contributed by atoms with Crippen LogP contribution in [0.5, 0.6) is 23.0 Å². The van der Waals surface area contributed by atoms with Crippen molar-refractivity contribution in [2.75, 3.05) is 13.2 Å². The average Bonchev–Trinajstić information content (AvgIpc) is 2.88. The van der Waals surface area contributed by atoms with E-state index in [1.165, 1.54) is 44.9 Å². The fraction of sp³-hybridized carbons (Fsp3) is 0.581. The molecule has 0 saturated carbocycles. The molecule has 0 bridgehead atoms. The number of unbranched alkanes of at least 4 members (excludes halogenated alkanes) is 8. The number of carbonyl (C=O) groups is 1. The maximum atomic E-state index is 12.4. The van der Waals surface area contributed by atoms with Crippen LogP contribution >= 0.6 is 0 Å². The highest BCUT2D eigenvalue weighted by Gasteiger charge is 2.25. The highest BCUT2D eigenvalue weighted by Crippen LogP contribution is 2.41. The fourth-order valence-electron chi connectivity index (χ4n) is 4.71. The summed E-state index contributed by atoms with van der Waals surface area (Å²) in [5.74, 6) is 2.74. The highest BCUT2D eigenvalue weighted by atomic mass is 16.5. The Balaban J connectivity index is 1.50. The first-order valence-electron chi connectivity index (χ1n) is 14.0. The normalized spacial score (nSPS) is 14.6. The number of hydrogen-bond acceptors (Lipinski definition) is 5. The van der Waals surface area contributed by atoms with Gasteiger partial charge in [-0.3, -0.25) is 4.79 Å². The van der Waals surface area contributed by atoms with Crippen LogP contribution in [0.1, 0.15) is 109 Å². The van der Waals surface area contributed by atoms with Gasteiger partial charge in [0.15, 0.2) is 0 Å². The zero-order valence-electron chi connectivity index (χ0n) is 22.5. The molecule has 0 N–H and O–H groups in total. The van der Waals surface area contributed by atoms with E-state index < -0.39 is 0 Å². The molecule has 5 heteroatoms. The third-order valence-corrected chi connectivity index (χ3v) is 6.64. The number of hydrogen-bond donors (Lipinski definition) is 0. The fourth-order valence-corrected chi connectivity index (χ4v) is 4.71. The number of carbonyl (C=O) groups excluding carboxylic acids is 1. The zero-order valence-corrected chi connectivity index (χ0v) is 22.5. The SMILES string of the molecule is CCCCCCCCCCCC(=O)Oc1ccc2c(c1)OC(c1ccc(OCC)cc1OCC)CC2. The first-order valence-corrected chi connectivity index (χ1v) is 14.0. The second-order valence-corrected chi connectivity index (χ2v) is 9.53. The lowest BCUT2D eigenvalue weighted by Crippen LogP contribution is -2.17. The number of aryl methyl sites for hydroxylation is 1. The van der Waals surface area contributed by atoms with Crippen LogP contribution in [-0.4, -0.2) is 19.2 Å². The lowest BCUT2D eigenvalue weighted by molar-refractivity contribution is -0.134. The van der Waals surface area contributed by atoms with Crippen LogP contribution < -0.4 is 18.9 Å². The Bertz CT molecular complexity index is 939. The zero-order chi connectivity index (χ0) is 25.6. The van der Waals surface area contributed by atoms with E-state index in [1.807, 2.05) is 50.2 Å². The summed E-state index contributed by atoms with van der Waals surface area (Å²) in [7, 11) is 0. The van der Waals surface area contributed by atoms with E-state index in [0.717, 1.165) is 54.1 Å². The molecule has 0 fully saturated rings. The van der Waals surface area contributed by atoms with E-state index in [-0.39, 0.29) is 12.1 Å². The minimum Gasteiger partial charge on any atom is -0.494 e. The van der Waals surface area contributed by atoms with Crippen LogP contribution in [0.15, 0.2) is 36.4 Å². The first-order chi connectivity index (χ1) is 17.6. The molecule has 0 spiro atoms. The molecule has 1 unspecified atom stereocenters. The van der Waals surface area contributed by atoms with Gasteiger partial charge in [-0.05, 0) is 56.9 Å². The third kappa shape index (κ3) is 8.76. The van der Waals surface area contributed by atoms with E-state index in [9.17, 15) is 4.79 Å². The molecule has 1 atom stereocenters. The molecule has 36 heavy (non-hydrogen) atoms. The van der Waals surface area contributed by atoms with Crippen molar-refractivity contribution in [3.05, 3.63) is 47.5 Å². The van der Waals surface area contributed by atoms with Crippen molar-refractivity contribution in [3.63, 3.8) is 0 Å². The van der Waals surface area contributed by atoms with E-state index in [1.54, 1.807) is 0 Å². The second-order valence-electron chi connectivity index (χ2n) is 9.53. The minimum atomic E-state index is -0.171. The van der Waals surface area contributed by atoms with Gasteiger partial charge >= 0.3 is 5.97 Å². The van der Waals surface area contributed by atoms with Gasteiger partial charge in [0.2, 0.25) is 0 Å². The number of fused-ring (bicyclic) bond motifs is 1. The largest absolute Gasteiger partial charge is 0.494 e. The average molecular weight is 497 g/mol. The van der Waals surface area contributed by atoms with E-state index in [0.29, 0.717) is 25.4 Å². The summed E-state index contributed by atoms with van der Waals surface area (Å²) in [5, 5.41) is 0. The Morgan fingerprint density at radius 2 is 1.53 bits per heavy atom. The monoisotopic (exact) mass is 496 g/mol.